The van der Waals surface area contributed by atoms with Gasteiger partial charge in [0.25, 0.3) is 0 Å². The van der Waals surface area contributed by atoms with E-state index in [0.717, 1.165) is 34.7 Å². The summed E-state index contributed by atoms with van der Waals surface area (Å²) in [6.45, 7) is 8.44. The maximum Gasteiger partial charge on any atom is 0.200 e. The van der Waals surface area contributed by atoms with Crippen molar-refractivity contribution in [2.24, 2.45) is 0 Å². The van der Waals surface area contributed by atoms with Gasteiger partial charge in [-0.05, 0) is 37.0 Å². The van der Waals surface area contributed by atoms with E-state index in [9.17, 15) is 0 Å². The minimum atomic E-state index is 0.124. The van der Waals surface area contributed by atoms with Crippen molar-refractivity contribution in [2.75, 3.05) is 5.32 Å². The number of nitrogens with one attached hydrogen (secondary N) is 1. The van der Waals surface area contributed by atoms with Crippen LogP contribution >= 0.6 is 0 Å². The molecule has 0 aromatic carbocycles. The van der Waals surface area contributed by atoms with Gasteiger partial charge in [-0.3, -0.25) is 4.98 Å². The number of fused-ring (bicyclic) bond motifs is 1. The molecule has 3 heterocycles. The smallest absolute Gasteiger partial charge is 0.200 e. The van der Waals surface area contributed by atoms with E-state index in [2.05, 4.69) is 64.6 Å². The Morgan fingerprint density at radius 1 is 1.22 bits per heavy atom. The Morgan fingerprint density at radius 3 is 2.70 bits per heavy atom. The maximum atomic E-state index is 4.55. The molecule has 1 unspecified atom stereocenters. The molecule has 0 saturated heterocycles. The van der Waals surface area contributed by atoms with Gasteiger partial charge in [0.15, 0.2) is 0 Å². The van der Waals surface area contributed by atoms with Gasteiger partial charge in [-0.15, -0.1) is 10.2 Å². The summed E-state index contributed by atoms with van der Waals surface area (Å²) in [5, 5.41) is 16.3. The molecule has 0 aliphatic carbocycles. The highest BCUT2D eigenvalue weighted by molar-refractivity contribution is 5.67. The predicted octanol–water partition coefficient (Wildman–Crippen LogP) is 3.51. The Balaban J connectivity index is 1.98. The third kappa shape index (κ3) is 3.16. The van der Waals surface area contributed by atoms with Crippen molar-refractivity contribution in [1.82, 2.24) is 24.8 Å². The summed E-state index contributed by atoms with van der Waals surface area (Å²) in [6.07, 6.45) is 4.46. The lowest BCUT2D eigenvalue weighted by atomic mass is 10.1. The molecule has 120 valence electrons. The number of hydrogen-bond acceptors (Lipinski definition) is 5. The van der Waals surface area contributed by atoms with Gasteiger partial charge in [0, 0.05) is 6.20 Å². The first-order valence-electron chi connectivity index (χ1n) is 7.98. The molecule has 0 radical (unpaired) electrons. The van der Waals surface area contributed by atoms with Gasteiger partial charge in [0.1, 0.15) is 6.33 Å². The molecule has 0 aliphatic rings. The lowest BCUT2D eigenvalue weighted by Crippen LogP contribution is -2.13. The van der Waals surface area contributed by atoms with E-state index >= 15 is 0 Å². The van der Waals surface area contributed by atoms with Crippen LogP contribution in [-0.2, 0) is 0 Å². The SMILES string of the molecule is CCC(Nc1cc(C(C)C)nn2cnnc12)c1ccc(C)cn1. The summed E-state index contributed by atoms with van der Waals surface area (Å²) in [6, 6.07) is 6.34. The van der Waals surface area contributed by atoms with Crippen LogP contribution in [0, 0.1) is 6.92 Å². The number of aromatic nitrogens is 5. The lowest BCUT2D eigenvalue weighted by Gasteiger charge is -2.19. The minimum absolute atomic E-state index is 0.124. The fourth-order valence-corrected chi connectivity index (χ4v) is 2.49. The van der Waals surface area contributed by atoms with Crippen molar-refractivity contribution in [3.63, 3.8) is 0 Å². The molecule has 0 amide bonds. The van der Waals surface area contributed by atoms with Crippen molar-refractivity contribution in [3.05, 3.63) is 47.7 Å². The molecule has 6 nitrogen and oxygen atoms in total. The van der Waals surface area contributed by atoms with Gasteiger partial charge < -0.3 is 5.32 Å². The van der Waals surface area contributed by atoms with E-state index in [0.29, 0.717) is 5.92 Å². The van der Waals surface area contributed by atoms with Crippen molar-refractivity contribution in [3.8, 4) is 0 Å². The van der Waals surface area contributed by atoms with Crippen molar-refractivity contribution >= 4 is 11.3 Å². The highest BCUT2D eigenvalue weighted by atomic mass is 15.3. The number of aryl methyl sites for hydroxylation is 1. The summed E-state index contributed by atoms with van der Waals surface area (Å²) < 4.78 is 1.73. The Morgan fingerprint density at radius 2 is 2.04 bits per heavy atom. The first-order chi connectivity index (χ1) is 11.1. The Kier molecular flexibility index (Phi) is 4.23. The van der Waals surface area contributed by atoms with Gasteiger partial charge in [-0.1, -0.05) is 26.8 Å². The Labute approximate surface area is 136 Å². The van der Waals surface area contributed by atoms with Gasteiger partial charge in [-0.25, -0.2) is 0 Å². The molecule has 0 fully saturated rings. The first kappa shape index (κ1) is 15.4. The Bertz CT molecular complexity index is 790. The van der Waals surface area contributed by atoms with E-state index in [4.69, 9.17) is 0 Å². The van der Waals surface area contributed by atoms with Gasteiger partial charge >= 0.3 is 0 Å². The number of pyridine rings is 1. The van der Waals surface area contributed by atoms with Crippen molar-refractivity contribution in [1.29, 1.82) is 0 Å². The molecule has 0 saturated carbocycles. The quantitative estimate of drug-likeness (QED) is 0.781. The zero-order valence-electron chi connectivity index (χ0n) is 14.0. The predicted molar refractivity (Wildman–Crippen MR) is 90.5 cm³/mol. The standard InChI is InChI=1S/C17H22N6/c1-5-13(14-7-6-12(4)9-18-14)20-16-8-15(11(2)3)22-23-10-19-21-17(16)23/h6-11,13,20H,5H2,1-4H3. The third-order valence-electron chi connectivity index (χ3n) is 3.91. The van der Waals surface area contributed by atoms with E-state index in [1.165, 1.54) is 0 Å². The summed E-state index contributed by atoms with van der Waals surface area (Å²) in [4.78, 5) is 4.55. The number of hydrogen-bond donors (Lipinski definition) is 1. The molecule has 1 N–H and O–H groups in total. The zero-order chi connectivity index (χ0) is 16.4. The van der Waals surface area contributed by atoms with Crippen molar-refractivity contribution in [2.45, 2.75) is 46.1 Å². The normalized spacial score (nSPS) is 12.7. The van der Waals surface area contributed by atoms with E-state index < -0.39 is 0 Å². The molecule has 23 heavy (non-hydrogen) atoms. The Hall–Kier alpha value is -2.50. The highest BCUT2D eigenvalue weighted by Gasteiger charge is 2.15. The van der Waals surface area contributed by atoms with Crippen LogP contribution in [0.1, 0.15) is 56.1 Å². The minimum Gasteiger partial charge on any atom is -0.374 e. The van der Waals surface area contributed by atoms with E-state index in [1.807, 2.05) is 13.1 Å². The van der Waals surface area contributed by atoms with Crippen LogP contribution in [0.15, 0.2) is 30.7 Å². The summed E-state index contributed by atoms with van der Waals surface area (Å²) in [5.41, 5.74) is 4.87. The number of anilines is 1. The summed E-state index contributed by atoms with van der Waals surface area (Å²) in [5.74, 6) is 0.333. The molecule has 6 heteroatoms. The summed E-state index contributed by atoms with van der Waals surface area (Å²) in [7, 11) is 0. The van der Waals surface area contributed by atoms with Crippen LogP contribution in [0.5, 0.6) is 0 Å². The molecular weight excluding hydrogens is 288 g/mol. The van der Waals surface area contributed by atoms with Gasteiger partial charge in [0.2, 0.25) is 5.65 Å². The maximum absolute atomic E-state index is 4.55. The molecule has 1 atom stereocenters. The zero-order valence-corrected chi connectivity index (χ0v) is 14.0. The molecule has 0 bridgehead atoms. The van der Waals surface area contributed by atoms with Gasteiger partial charge in [-0.2, -0.15) is 9.61 Å². The average Bonchev–Trinajstić information content (AvgIpc) is 3.02. The van der Waals surface area contributed by atoms with Crippen LogP contribution in [0.3, 0.4) is 0 Å². The van der Waals surface area contributed by atoms with Crippen LogP contribution < -0.4 is 5.32 Å². The lowest BCUT2D eigenvalue weighted by molar-refractivity contribution is 0.716. The second-order valence-electron chi connectivity index (χ2n) is 6.10. The molecule has 0 aliphatic heterocycles. The second-order valence-corrected chi connectivity index (χ2v) is 6.10. The number of nitrogens with zero attached hydrogens (tertiary/aromatic N) is 5. The van der Waals surface area contributed by atoms with Gasteiger partial charge in [0.05, 0.1) is 23.1 Å². The average molecular weight is 310 g/mol. The molecule has 3 aromatic heterocycles. The van der Waals surface area contributed by atoms with E-state index in [1.54, 1.807) is 10.8 Å². The third-order valence-corrected chi connectivity index (χ3v) is 3.91. The molecule has 3 aromatic rings. The molecular formula is C17H22N6. The molecule has 0 spiro atoms. The molecule has 3 rings (SSSR count). The summed E-state index contributed by atoms with van der Waals surface area (Å²) >= 11 is 0. The first-order valence-corrected chi connectivity index (χ1v) is 7.98. The van der Waals surface area contributed by atoms with Crippen LogP contribution in [-0.4, -0.2) is 24.8 Å². The highest BCUT2D eigenvalue weighted by Crippen LogP contribution is 2.26. The van der Waals surface area contributed by atoms with Crippen molar-refractivity contribution < 1.29 is 0 Å². The number of rotatable bonds is 5. The fourth-order valence-electron chi connectivity index (χ4n) is 2.49. The van der Waals surface area contributed by atoms with Crippen LogP contribution in [0.25, 0.3) is 5.65 Å². The monoisotopic (exact) mass is 310 g/mol. The van der Waals surface area contributed by atoms with E-state index in [-0.39, 0.29) is 6.04 Å². The fraction of sp³-hybridized carbons (Fsp3) is 0.412. The second kappa shape index (κ2) is 6.32. The van der Waals surface area contributed by atoms with Crippen LogP contribution in [0.4, 0.5) is 5.69 Å². The van der Waals surface area contributed by atoms with Crippen LogP contribution in [0.2, 0.25) is 0 Å². The largest absolute Gasteiger partial charge is 0.374 e. The topological polar surface area (TPSA) is 68.0 Å².